The van der Waals surface area contributed by atoms with Crippen LogP contribution in [0.2, 0.25) is 5.02 Å². The number of nitrogens with one attached hydrogen (secondary N) is 1. The summed E-state index contributed by atoms with van der Waals surface area (Å²) in [6.45, 7) is 3.18. The molecule has 0 unspecified atom stereocenters. The smallest absolute Gasteiger partial charge is 0.406 e. The first-order valence-electron chi connectivity index (χ1n) is 12.4. The number of aromatic nitrogens is 2. The SMILES string of the molecule is Cc1nc2ccc(Cl)cn2c1C(=O)NCc1ccc(C2CCN(c3ccc(OC(F)(F)F)cc3)CC2)c(F)c1. The highest BCUT2D eigenvalue weighted by Gasteiger charge is 2.31. The van der Waals surface area contributed by atoms with E-state index in [1.54, 1.807) is 47.9 Å². The van der Waals surface area contributed by atoms with E-state index in [2.05, 4.69) is 19.9 Å². The molecule has 0 radical (unpaired) electrons. The molecule has 1 fully saturated rings. The lowest BCUT2D eigenvalue weighted by atomic mass is 9.88. The normalized spacial score (nSPS) is 14.6. The zero-order chi connectivity index (χ0) is 27.7. The van der Waals surface area contributed by atoms with Crippen molar-refractivity contribution in [2.75, 3.05) is 18.0 Å². The maximum atomic E-state index is 15.1. The Balaban J connectivity index is 1.18. The lowest BCUT2D eigenvalue weighted by Crippen LogP contribution is -2.33. The van der Waals surface area contributed by atoms with Crippen molar-refractivity contribution in [2.45, 2.75) is 38.6 Å². The third kappa shape index (κ3) is 6.11. The summed E-state index contributed by atoms with van der Waals surface area (Å²) >= 11 is 6.07. The van der Waals surface area contributed by atoms with Gasteiger partial charge in [0.05, 0.1) is 10.7 Å². The van der Waals surface area contributed by atoms with Gasteiger partial charge in [-0.3, -0.25) is 9.20 Å². The van der Waals surface area contributed by atoms with Crippen molar-refractivity contribution < 1.29 is 27.1 Å². The highest BCUT2D eigenvalue weighted by atomic mass is 35.5. The second-order valence-electron chi connectivity index (χ2n) is 9.46. The number of carbonyl (C=O) groups excluding carboxylic acids is 1. The van der Waals surface area contributed by atoms with Crippen molar-refractivity contribution in [1.82, 2.24) is 14.7 Å². The molecule has 0 bridgehead atoms. The summed E-state index contributed by atoms with van der Waals surface area (Å²) in [5, 5.41) is 3.31. The van der Waals surface area contributed by atoms with E-state index < -0.39 is 6.36 Å². The number of amides is 1. The van der Waals surface area contributed by atoms with Crippen LogP contribution in [0, 0.1) is 12.7 Å². The summed E-state index contributed by atoms with van der Waals surface area (Å²) in [5.74, 6) is -0.912. The van der Waals surface area contributed by atoms with Gasteiger partial charge in [-0.2, -0.15) is 0 Å². The number of rotatable bonds is 6. The van der Waals surface area contributed by atoms with Gasteiger partial charge in [-0.25, -0.2) is 9.37 Å². The number of anilines is 1. The van der Waals surface area contributed by atoms with E-state index in [0.29, 0.717) is 59.1 Å². The Labute approximate surface area is 227 Å². The van der Waals surface area contributed by atoms with Crippen LogP contribution in [0.3, 0.4) is 0 Å². The first-order chi connectivity index (χ1) is 18.6. The van der Waals surface area contributed by atoms with Crippen LogP contribution in [-0.4, -0.2) is 34.7 Å². The predicted molar refractivity (Wildman–Crippen MR) is 140 cm³/mol. The number of nitrogens with zero attached hydrogens (tertiary/aromatic N) is 3. The van der Waals surface area contributed by atoms with Crippen LogP contribution in [-0.2, 0) is 6.54 Å². The second kappa shape index (κ2) is 10.8. The van der Waals surface area contributed by atoms with Crippen molar-refractivity contribution in [1.29, 1.82) is 0 Å². The lowest BCUT2D eigenvalue weighted by Gasteiger charge is -2.34. The quantitative estimate of drug-likeness (QED) is 0.268. The Bertz CT molecular complexity index is 1500. The van der Waals surface area contributed by atoms with Gasteiger partial charge in [0.1, 0.15) is 22.9 Å². The zero-order valence-electron chi connectivity index (χ0n) is 20.9. The van der Waals surface area contributed by atoms with Crippen molar-refractivity contribution >= 4 is 28.8 Å². The number of pyridine rings is 1. The first kappa shape index (κ1) is 26.8. The number of halogens is 5. The van der Waals surface area contributed by atoms with Gasteiger partial charge in [-0.05, 0) is 79.3 Å². The molecule has 1 amide bonds. The molecular formula is C28H25ClF4N4O2. The van der Waals surface area contributed by atoms with Crippen LogP contribution in [0.4, 0.5) is 23.2 Å². The summed E-state index contributed by atoms with van der Waals surface area (Å²) in [7, 11) is 0. The fourth-order valence-electron chi connectivity index (χ4n) is 5.00. The van der Waals surface area contributed by atoms with Gasteiger partial charge >= 0.3 is 6.36 Å². The van der Waals surface area contributed by atoms with Gasteiger partial charge in [-0.1, -0.05) is 23.7 Å². The Hall–Kier alpha value is -3.79. The van der Waals surface area contributed by atoms with Crippen LogP contribution in [0.25, 0.3) is 5.65 Å². The fourth-order valence-corrected chi connectivity index (χ4v) is 5.16. The third-order valence-corrected chi connectivity index (χ3v) is 7.08. The molecular weight excluding hydrogens is 536 g/mol. The fraction of sp³-hybridized carbons (Fsp3) is 0.286. The predicted octanol–water partition coefficient (Wildman–Crippen LogP) is 6.65. The lowest BCUT2D eigenvalue weighted by molar-refractivity contribution is -0.274. The number of piperidine rings is 1. The number of ether oxygens (including phenoxy) is 1. The van der Waals surface area contributed by atoms with Crippen LogP contribution < -0.4 is 15.0 Å². The minimum atomic E-state index is -4.73. The molecule has 39 heavy (non-hydrogen) atoms. The molecule has 1 aliphatic heterocycles. The maximum Gasteiger partial charge on any atom is 0.573 e. The Morgan fingerprint density at radius 2 is 1.82 bits per heavy atom. The van der Waals surface area contributed by atoms with E-state index in [0.717, 1.165) is 5.69 Å². The molecule has 5 rings (SSSR count). The maximum absolute atomic E-state index is 15.1. The van der Waals surface area contributed by atoms with E-state index in [1.807, 2.05) is 6.07 Å². The van der Waals surface area contributed by atoms with Crippen LogP contribution in [0.5, 0.6) is 5.75 Å². The number of imidazole rings is 1. The number of carbonyl (C=O) groups is 1. The first-order valence-corrected chi connectivity index (χ1v) is 12.8. The number of hydrogen-bond acceptors (Lipinski definition) is 4. The average Bonchev–Trinajstić information content (AvgIpc) is 3.22. The Morgan fingerprint density at radius 3 is 2.49 bits per heavy atom. The molecule has 0 saturated carbocycles. The van der Waals surface area contributed by atoms with Crippen molar-refractivity contribution in [3.63, 3.8) is 0 Å². The van der Waals surface area contributed by atoms with Crippen LogP contribution >= 0.6 is 11.6 Å². The largest absolute Gasteiger partial charge is 0.573 e. The minimum absolute atomic E-state index is 0.0169. The number of benzene rings is 2. The summed E-state index contributed by atoms with van der Waals surface area (Å²) in [6.07, 6.45) is -1.70. The van der Waals surface area contributed by atoms with E-state index in [1.165, 1.54) is 18.2 Å². The molecule has 4 aromatic rings. The molecule has 1 N–H and O–H groups in total. The molecule has 0 spiro atoms. The number of fused-ring (bicyclic) bond motifs is 1. The van der Waals surface area contributed by atoms with Gasteiger partial charge in [0.25, 0.3) is 5.91 Å². The molecule has 6 nitrogen and oxygen atoms in total. The van der Waals surface area contributed by atoms with Gasteiger partial charge in [-0.15, -0.1) is 13.2 Å². The van der Waals surface area contributed by atoms with Crippen molar-refractivity contribution in [2.24, 2.45) is 0 Å². The monoisotopic (exact) mass is 560 g/mol. The molecule has 3 heterocycles. The van der Waals surface area contributed by atoms with E-state index in [4.69, 9.17) is 11.6 Å². The summed E-state index contributed by atoms with van der Waals surface area (Å²) in [6, 6.07) is 14.2. The van der Waals surface area contributed by atoms with E-state index >= 15 is 4.39 Å². The molecule has 204 valence electrons. The molecule has 2 aromatic carbocycles. The van der Waals surface area contributed by atoms with Gasteiger partial charge in [0.2, 0.25) is 0 Å². The van der Waals surface area contributed by atoms with Crippen molar-refractivity contribution in [3.8, 4) is 5.75 Å². The summed E-state index contributed by atoms with van der Waals surface area (Å²) < 4.78 is 57.8. The van der Waals surface area contributed by atoms with Crippen LogP contribution in [0.15, 0.2) is 60.8 Å². The van der Waals surface area contributed by atoms with E-state index in [9.17, 15) is 18.0 Å². The second-order valence-corrected chi connectivity index (χ2v) is 9.90. The zero-order valence-corrected chi connectivity index (χ0v) is 21.7. The Kier molecular flexibility index (Phi) is 7.40. The van der Waals surface area contributed by atoms with Gasteiger partial charge in [0, 0.05) is 31.5 Å². The van der Waals surface area contributed by atoms with Gasteiger partial charge in [0.15, 0.2) is 0 Å². The summed E-state index contributed by atoms with van der Waals surface area (Å²) in [5.41, 5.74) is 3.58. The summed E-state index contributed by atoms with van der Waals surface area (Å²) in [4.78, 5) is 19.3. The highest BCUT2D eigenvalue weighted by Crippen LogP contribution is 2.33. The average molecular weight is 561 g/mol. The topological polar surface area (TPSA) is 58.9 Å². The molecule has 0 atom stereocenters. The number of hydrogen-bond donors (Lipinski definition) is 1. The molecule has 0 aliphatic carbocycles. The molecule has 11 heteroatoms. The number of alkyl halides is 3. The number of aryl methyl sites for hydroxylation is 1. The highest BCUT2D eigenvalue weighted by molar-refractivity contribution is 6.30. The molecule has 2 aromatic heterocycles. The third-order valence-electron chi connectivity index (χ3n) is 6.86. The molecule has 1 aliphatic rings. The van der Waals surface area contributed by atoms with Crippen LogP contribution in [0.1, 0.15) is 46.1 Å². The minimum Gasteiger partial charge on any atom is -0.406 e. The standard InChI is InChI=1S/C28H25ClF4N4O2/c1-17-26(37-16-20(29)3-9-25(37)35-17)27(38)34-15-18-2-8-23(24(30)14-18)19-10-12-36(13-11-19)21-4-6-22(7-5-21)39-28(31,32)33/h2-9,14,16,19H,10-13,15H2,1H3,(H,34,38). The Morgan fingerprint density at radius 1 is 1.10 bits per heavy atom. The molecule has 1 saturated heterocycles. The van der Waals surface area contributed by atoms with E-state index in [-0.39, 0.29) is 29.9 Å². The van der Waals surface area contributed by atoms with Crippen molar-refractivity contribution in [3.05, 3.63) is 94.1 Å². The van der Waals surface area contributed by atoms with Gasteiger partial charge < -0.3 is 15.0 Å².